The van der Waals surface area contributed by atoms with Crippen LogP contribution >= 0.6 is 0 Å². The van der Waals surface area contributed by atoms with E-state index in [1.165, 1.54) is 0 Å². The molecule has 0 unspecified atom stereocenters. The number of nitrogens with zero attached hydrogens (tertiary/aromatic N) is 2. The number of rotatable bonds is 4. The van der Waals surface area contributed by atoms with Crippen molar-refractivity contribution in [3.8, 4) is 0 Å². The minimum Gasteiger partial charge on any atom is -0.375 e. The van der Waals surface area contributed by atoms with Crippen LogP contribution in [0.2, 0.25) is 19.6 Å². The van der Waals surface area contributed by atoms with Crippen LogP contribution in [-0.4, -0.2) is 29.6 Å². The molecule has 0 aliphatic rings. The summed E-state index contributed by atoms with van der Waals surface area (Å²) in [5.41, 5.74) is 2.91. The molecule has 0 aliphatic carbocycles. The van der Waals surface area contributed by atoms with Gasteiger partial charge >= 0.3 is 0 Å². The number of aromatic nitrogens is 3. The number of H-pyrrole nitrogens is 1. The lowest BCUT2D eigenvalue weighted by Gasteiger charge is -2.15. The second kappa shape index (κ2) is 4.58. The molecular formula is C12H19N3OSi. The first-order valence-electron chi connectivity index (χ1n) is 5.94. The molecule has 0 atom stereocenters. The van der Waals surface area contributed by atoms with E-state index in [0.717, 1.165) is 22.2 Å². The van der Waals surface area contributed by atoms with Gasteiger partial charge in [0, 0.05) is 18.2 Å². The summed E-state index contributed by atoms with van der Waals surface area (Å²) in [4.78, 5) is 12.5. The highest BCUT2D eigenvalue weighted by atomic mass is 28.3. The Bertz CT molecular complexity index is 516. The molecule has 2 aromatic rings. The van der Waals surface area contributed by atoms with Gasteiger partial charge in [0.15, 0.2) is 0 Å². The van der Waals surface area contributed by atoms with Crippen molar-refractivity contribution in [2.24, 2.45) is 0 Å². The van der Waals surface area contributed by atoms with E-state index in [9.17, 15) is 0 Å². The van der Waals surface area contributed by atoms with Gasteiger partial charge < -0.3 is 9.72 Å². The van der Waals surface area contributed by atoms with Crippen LogP contribution < -0.4 is 5.45 Å². The van der Waals surface area contributed by atoms with E-state index in [2.05, 4.69) is 34.6 Å². The van der Waals surface area contributed by atoms with E-state index in [0.29, 0.717) is 13.2 Å². The molecule has 92 valence electrons. The molecule has 4 nitrogen and oxygen atoms in total. The summed E-state index contributed by atoms with van der Waals surface area (Å²) < 4.78 is 5.48. The van der Waals surface area contributed by atoms with Crippen LogP contribution in [0.4, 0.5) is 0 Å². The Morgan fingerprint density at radius 2 is 2.06 bits per heavy atom. The zero-order valence-electron chi connectivity index (χ0n) is 10.9. The molecule has 2 heterocycles. The molecule has 1 N–H and O–H groups in total. The van der Waals surface area contributed by atoms with Crippen molar-refractivity contribution in [2.45, 2.75) is 33.2 Å². The number of nitrogens with one attached hydrogen (secondary N) is 1. The molecule has 0 spiro atoms. The van der Waals surface area contributed by atoms with Gasteiger partial charge in [-0.2, -0.15) is 0 Å². The minimum absolute atomic E-state index is 0.560. The van der Waals surface area contributed by atoms with Gasteiger partial charge in [-0.25, -0.2) is 9.97 Å². The third-order valence-corrected chi connectivity index (χ3v) is 4.17. The first kappa shape index (κ1) is 12.3. The van der Waals surface area contributed by atoms with Gasteiger partial charge in [-0.15, -0.1) is 0 Å². The SMILES string of the molecule is CCOCc1nc([Si](C)(C)C)nc2[nH]ccc12. The van der Waals surface area contributed by atoms with Crippen molar-refractivity contribution in [3.63, 3.8) is 0 Å². The second-order valence-electron chi connectivity index (χ2n) is 5.12. The molecule has 2 rings (SSSR count). The summed E-state index contributed by atoms with van der Waals surface area (Å²) in [6.07, 6.45) is 1.91. The molecule has 0 saturated heterocycles. The maximum atomic E-state index is 5.48. The molecular weight excluding hydrogens is 230 g/mol. The highest BCUT2D eigenvalue weighted by molar-refractivity contribution is 6.87. The zero-order chi connectivity index (χ0) is 12.5. The van der Waals surface area contributed by atoms with Crippen molar-refractivity contribution in [1.29, 1.82) is 0 Å². The van der Waals surface area contributed by atoms with Crippen molar-refractivity contribution in [3.05, 3.63) is 18.0 Å². The number of fused-ring (bicyclic) bond motifs is 1. The standard InChI is InChI=1S/C12H19N3OSi/c1-5-16-8-10-9-6-7-13-11(9)15-12(14-10)17(2,3)4/h6-7H,5,8H2,1-4H3,(H,13,14,15). The summed E-state index contributed by atoms with van der Waals surface area (Å²) in [5, 5.41) is 1.07. The fourth-order valence-electron chi connectivity index (χ4n) is 1.65. The van der Waals surface area contributed by atoms with Gasteiger partial charge in [-0.3, -0.25) is 0 Å². The lowest BCUT2D eigenvalue weighted by molar-refractivity contribution is 0.132. The topological polar surface area (TPSA) is 50.8 Å². The van der Waals surface area contributed by atoms with Gasteiger partial charge in [0.05, 0.1) is 12.3 Å². The van der Waals surface area contributed by atoms with Gasteiger partial charge in [-0.05, 0) is 13.0 Å². The Hall–Kier alpha value is -1.20. The summed E-state index contributed by atoms with van der Waals surface area (Å²) >= 11 is 0. The van der Waals surface area contributed by atoms with Gasteiger partial charge in [0.25, 0.3) is 0 Å². The molecule has 0 radical (unpaired) electrons. The van der Waals surface area contributed by atoms with Gasteiger partial charge in [0.1, 0.15) is 19.2 Å². The predicted molar refractivity (Wildman–Crippen MR) is 72.2 cm³/mol. The first-order chi connectivity index (χ1) is 8.02. The maximum Gasteiger partial charge on any atom is 0.140 e. The molecule has 0 saturated carbocycles. The molecule has 0 fully saturated rings. The monoisotopic (exact) mass is 249 g/mol. The van der Waals surface area contributed by atoms with Gasteiger partial charge in [0.2, 0.25) is 0 Å². The molecule has 0 amide bonds. The summed E-state index contributed by atoms with van der Waals surface area (Å²) in [7, 11) is -1.49. The Morgan fingerprint density at radius 3 is 2.71 bits per heavy atom. The average Bonchev–Trinajstić information content (AvgIpc) is 2.72. The largest absolute Gasteiger partial charge is 0.375 e. The third-order valence-electron chi connectivity index (χ3n) is 2.61. The number of aromatic amines is 1. The molecule has 17 heavy (non-hydrogen) atoms. The fraction of sp³-hybridized carbons (Fsp3) is 0.500. The lowest BCUT2D eigenvalue weighted by atomic mass is 10.3. The maximum absolute atomic E-state index is 5.48. The molecule has 0 bridgehead atoms. The van der Waals surface area contributed by atoms with Crippen LogP contribution in [0.3, 0.4) is 0 Å². The molecule has 2 aromatic heterocycles. The Labute approximate surface area is 102 Å². The van der Waals surface area contributed by atoms with Crippen LogP contribution in [0.25, 0.3) is 11.0 Å². The van der Waals surface area contributed by atoms with Crippen LogP contribution in [0.15, 0.2) is 12.3 Å². The number of ether oxygens (including phenoxy) is 1. The Kier molecular flexibility index (Phi) is 3.30. The lowest BCUT2D eigenvalue weighted by Crippen LogP contribution is -2.43. The second-order valence-corrected chi connectivity index (χ2v) is 10.1. The highest BCUT2D eigenvalue weighted by Gasteiger charge is 2.22. The number of hydrogen-bond acceptors (Lipinski definition) is 3. The van der Waals surface area contributed by atoms with Gasteiger partial charge in [-0.1, -0.05) is 19.6 Å². The van der Waals surface area contributed by atoms with Crippen LogP contribution in [-0.2, 0) is 11.3 Å². The number of hydrogen-bond donors (Lipinski definition) is 1. The smallest absolute Gasteiger partial charge is 0.140 e. The molecule has 0 aliphatic heterocycles. The normalized spacial score (nSPS) is 12.2. The van der Waals surface area contributed by atoms with Crippen molar-refractivity contribution < 1.29 is 4.74 Å². The highest BCUT2D eigenvalue weighted by Crippen LogP contribution is 2.14. The Balaban J connectivity index is 2.51. The molecule has 0 aromatic carbocycles. The first-order valence-corrected chi connectivity index (χ1v) is 9.44. The third kappa shape index (κ3) is 2.55. The van der Waals surface area contributed by atoms with E-state index in [1.807, 2.05) is 19.2 Å². The van der Waals surface area contributed by atoms with E-state index in [4.69, 9.17) is 4.74 Å². The zero-order valence-corrected chi connectivity index (χ0v) is 11.9. The van der Waals surface area contributed by atoms with E-state index in [-0.39, 0.29) is 0 Å². The fourth-order valence-corrected chi connectivity index (χ4v) is 2.57. The van der Waals surface area contributed by atoms with Crippen molar-refractivity contribution >= 4 is 24.6 Å². The quantitative estimate of drug-likeness (QED) is 0.844. The van der Waals surface area contributed by atoms with Crippen molar-refractivity contribution in [1.82, 2.24) is 15.0 Å². The van der Waals surface area contributed by atoms with Crippen LogP contribution in [0.5, 0.6) is 0 Å². The average molecular weight is 249 g/mol. The Morgan fingerprint density at radius 1 is 1.29 bits per heavy atom. The predicted octanol–water partition coefficient (Wildman–Crippen LogP) is 2.04. The summed E-state index contributed by atoms with van der Waals surface area (Å²) in [6, 6.07) is 2.01. The van der Waals surface area contributed by atoms with Crippen LogP contribution in [0, 0.1) is 0 Å². The van der Waals surface area contributed by atoms with E-state index >= 15 is 0 Å². The summed E-state index contributed by atoms with van der Waals surface area (Å²) in [5.74, 6) is 0. The molecule has 5 heteroatoms. The summed E-state index contributed by atoms with van der Waals surface area (Å²) in [6.45, 7) is 10.0. The van der Waals surface area contributed by atoms with Crippen molar-refractivity contribution in [2.75, 3.05) is 6.61 Å². The van der Waals surface area contributed by atoms with E-state index < -0.39 is 8.07 Å². The van der Waals surface area contributed by atoms with E-state index in [1.54, 1.807) is 0 Å². The minimum atomic E-state index is -1.49. The van der Waals surface area contributed by atoms with Crippen LogP contribution in [0.1, 0.15) is 12.6 Å².